The smallest absolute Gasteiger partial charge is 0.0628 e. The van der Waals surface area contributed by atoms with Crippen molar-refractivity contribution in [3.8, 4) is 0 Å². The summed E-state index contributed by atoms with van der Waals surface area (Å²) in [5.41, 5.74) is 1.02. The fourth-order valence-electron chi connectivity index (χ4n) is 2.74. The number of hydrogen-bond donors (Lipinski definition) is 1. The van der Waals surface area contributed by atoms with Crippen LogP contribution in [-0.4, -0.2) is 54.2 Å². The van der Waals surface area contributed by atoms with E-state index in [0.29, 0.717) is 16.1 Å². The van der Waals surface area contributed by atoms with Gasteiger partial charge in [0.25, 0.3) is 0 Å². The van der Waals surface area contributed by atoms with Crippen LogP contribution in [0.1, 0.15) is 18.5 Å². The predicted octanol–water partition coefficient (Wildman–Crippen LogP) is 2.66. The Morgan fingerprint density at radius 2 is 2.05 bits per heavy atom. The van der Waals surface area contributed by atoms with Crippen molar-refractivity contribution in [2.75, 3.05) is 33.3 Å². The van der Waals surface area contributed by atoms with E-state index in [9.17, 15) is 5.11 Å². The molecule has 0 radical (unpaired) electrons. The van der Waals surface area contributed by atoms with E-state index in [0.717, 1.165) is 25.2 Å². The lowest BCUT2D eigenvalue weighted by Crippen LogP contribution is -2.52. The largest absolute Gasteiger partial charge is 0.394 e. The van der Waals surface area contributed by atoms with Gasteiger partial charge in [-0.2, -0.15) is 0 Å². The summed E-state index contributed by atoms with van der Waals surface area (Å²) in [6, 6.07) is 5.99. The summed E-state index contributed by atoms with van der Waals surface area (Å²) in [6.07, 6.45) is 0. The second-order valence-electron chi connectivity index (χ2n) is 5.22. The second-order valence-corrected chi connectivity index (χ2v) is 6.04. The molecule has 1 heterocycles. The molecule has 0 saturated carbocycles. The molecule has 2 atom stereocenters. The standard InChI is InChI=1S/C14H20Cl2N2O/c1-10-8-17(2)5-6-18(10)14(9-19)11-3-4-12(15)13(16)7-11/h3-4,7,10,14,19H,5-6,8-9H2,1-2H3. The van der Waals surface area contributed by atoms with Crippen LogP contribution in [-0.2, 0) is 0 Å². The van der Waals surface area contributed by atoms with Crippen molar-refractivity contribution in [1.29, 1.82) is 0 Å². The van der Waals surface area contributed by atoms with Crippen LogP contribution < -0.4 is 0 Å². The van der Waals surface area contributed by atoms with E-state index in [1.54, 1.807) is 6.07 Å². The van der Waals surface area contributed by atoms with Crippen molar-refractivity contribution >= 4 is 23.2 Å². The first kappa shape index (κ1) is 15.1. The van der Waals surface area contributed by atoms with Gasteiger partial charge in [0, 0.05) is 25.7 Å². The van der Waals surface area contributed by atoms with Gasteiger partial charge in [0.1, 0.15) is 0 Å². The van der Waals surface area contributed by atoms with E-state index in [1.165, 1.54) is 0 Å². The maximum absolute atomic E-state index is 9.74. The van der Waals surface area contributed by atoms with Crippen LogP contribution in [0.4, 0.5) is 0 Å². The Hall–Kier alpha value is -0.320. The summed E-state index contributed by atoms with van der Waals surface area (Å²) in [6.45, 7) is 5.25. The number of aliphatic hydroxyl groups is 1. The molecule has 1 saturated heterocycles. The average molecular weight is 303 g/mol. The van der Waals surface area contributed by atoms with Gasteiger partial charge in [0.15, 0.2) is 0 Å². The number of piperazine rings is 1. The van der Waals surface area contributed by atoms with Gasteiger partial charge in [-0.1, -0.05) is 29.3 Å². The number of aliphatic hydroxyl groups excluding tert-OH is 1. The van der Waals surface area contributed by atoms with Gasteiger partial charge in [-0.25, -0.2) is 0 Å². The fraction of sp³-hybridized carbons (Fsp3) is 0.571. The number of rotatable bonds is 3. The molecule has 3 nitrogen and oxygen atoms in total. The van der Waals surface area contributed by atoms with E-state index in [1.807, 2.05) is 12.1 Å². The minimum absolute atomic E-state index is 0.0153. The molecule has 106 valence electrons. The first-order valence-corrected chi connectivity index (χ1v) is 7.28. The van der Waals surface area contributed by atoms with Crippen LogP contribution >= 0.6 is 23.2 Å². The molecule has 2 unspecified atom stereocenters. The van der Waals surface area contributed by atoms with Gasteiger partial charge < -0.3 is 10.0 Å². The Balaban J connectivity index is 2.21. The molecule has 0 spiro atoms. The molecule has 1 aromatic rings. The third-order valence-electron chi connectivity index (χ3n) is 3.78. The highest BCUT2D eigenvalue weighted by Gasteiger charge is 2.28. The fourth-order valence-corrected chi connectivity index (χ4v) is 3.04. The van der Waals surface area contributed by atoms with E-state index < -0.39 is 0 Å². The summed E-state index contributed by atoms with van der Waals surface area (Å²) >= 11 is 12.0. The number of halogens is 2. The van der Waals surface area contributed by atoms with E-state index >= 15 is 0 Å². The molecule has 1 fully saturated rings. The highest BCUT2D eigenvalue weighted by Crippen LogP contribution is 2.30. The minimum Gasteiger partial charge on any atom is -0.394 e. The Kier molecular flexibility index (Phi) is 5.09. The van der Waals surface area contributed by atoms with Crippen LogP contribution in [0.5, 0.6) is 0 Å². The lowest BCUT2D eigenvalue weighted by molar-refractivity contribution is 0.0341. The normalized spacial score (nSPS) is 23.5. The molecule has 19 heavy (non-hydrogen) atoms. The molecular formula is C14H20Cl2N2O. The molecular weight excluding hydrogens is 283 g/mol. The number of benzene rings is 1. The maximum Gasteiger partial charge on any atom is 0.0628 e. The minimum atomic E-state index is -0.0153. The summed E-state index contributed by atoms with van der Waals surface area (Å²) in [4.78, 5) is 4.64. The summed E-state index contributed by atoms with van der Waals surface area (Å²) < 4.78 is 0. The third-order valence-corrected chi connectivity index (χ3v) is 4.52. The Labute approximate surface area is 124 Å². The topological polar surface area (TPSA) is 26.7 Å². The Bertz CT molecular complexity index is 441. The summed E-state index contributed by atoms with van der Waals surface area (Å²) in [5.74, 6) is 0. The SMILES string of the molecule is CC1CN(C)CCN1C(CO)c1ccc(Cl)c(Cl)c1. The zero-order valence-electron chi connectivity index (χ0n) is 11.3. The van der Waals surface area contributed by atoms with E-state index in [2.05, 4.69) is 23.8 Å². The lowest BCUT2D eigenvalue weighted by Gasteiger charge is -2.42. The van der Waals surface area contributed by atoms with Gasteiger partial charge in [-0.05, 0) is 31.7 Å². The number of likely N-dealkylation sites (N-methyl/N-ethyl adjacent to an activating group) is 1. The Morgan fingerprint density at radius 1 is 1.32 bits per heavy atom. The van der Waals surface area contributed by atoms with Gasteiger partial charge >= 0.3 is 0 Å². The van der Waals surface area contributed by atoms with Gasteiger partial charge in [-0.15, -0.1) is 0 Å². The quantitative estimate of drug-likeness (QED) is 0.930. The molecule has 1 aromatic carbocycles. The van der Waals surface area contributed by atoms with Crippen molar-refractivity contribution in [1.82, 2.24) is 9.80 Å². The van der Waals surface area contributed by atoms with Crippen LogP contribution in [0, 0.1) is 0 Å². The first-order valence-electron chi connectivity index (χ1n) is 6.53. The van der Waals surface area contributed by atoms with Crippen molar-refractivity contribution in [2.24, 2.45) is 0 Å². The highest BCUT2D eigenvalue weighted by atomic mass is 35.5. The first-order chi connectivity index (χ1) is 9.02. The highest BCUT2D eigenvalue weighted by molar-refractivity contribution is 6.42. The molecule has 2 rings (SSSR count). The van der Waals surface area contributed by atoms with Gasteiger partial charge in [0.2, 0.25) is 0 Å². The van der Waals surface area contributed by atoms with E-state index in [4.69, 9.17) is 23.2 Å². The summed E-state index contributed by atoms with van der Waals surface area (Å²) in [7, 11) is 2.13. The lowest BCUT2D eigenvalue weighted by atomic mass is 10.0. The van der Waals surface area contributed by atoms with Crippen molar-refractivity contribution in [3.63, 3.8) is 0 Å². The molecule has 1 N–H and O–H groups in total. The number of hydrogen-bond acceptors (Lipinski definition) is 3. The van der Waals surface area contributed by atoms with Crippen LogP contribution in [0.3, 0.4) is 0 Å². The van der Waals surface area contributed by atoms with Gasteiger partial charge in [-0.3, -0.25) is 4.90 Å². The molecule has 0 bridgehead atoms. The number of nitrogens with zero attached hydrogens (tertiary/aromatic N) is 2. The molecule has 0 amide bonds. The van der Waals surface area contributed by atoms with Crippen LogP contribution in [0.25, 0.3) is 0 Å². The van der Waals surface area contributed by atoms with Crippen molar-refractivity contribution in [3.05, 3.63) is 33.8 Å². The monoisotopic (exact) mass is 302 g/mol. The van der Waals surface area contributed by atoms with Crippen molar-refractivity contribution < 1.29 is 5.11 Å². The molecule has 0 aromatic heterocycles. The van der Waals surface area contributed by atoms with Gasteiger partial charge in [0.05, 0.1) is 22.7 Å². The molecule has 1 aliphatic heterocycles. The second kappa shape index (κ2) is 6.42. The third kappa shape index (κ3) is 3.41. The Morgan fingerprint density at radius 3 is 2.63 bits per heavy atom. The molecule has 5 heteroatoms. The predicted molar refractivity (Wildman–Crippen MR) is 80.0 cm³/mol. The maximum atomic E-state index is 9.74. The van der Waals surface area contributed by atoms with E-state index in [-0.39, 0.29) is 12.6 Å². The zero-order chi connectivity index (χ0) is 14.0. The average Bonchev–Trinajstić information content (AvgIpc) is 2.37. The van der Waals surface area contributed by atoms with Crippen molar-refractivity contribution in [2.45, 2.75) is 19.0 Å². The zero-order valence-corrected chi connectivity index (χ0v) is 12.8. The summed E-state index contributed by atoms with van der Waals surface area (Å²) in [5, 5.41) is 10.8. The van der Waals surface area contributed by atoms with Crippen LogP contribution in [0.2, 0.25) is 10.0 Å². The molecule has 0 aliphatic carbocycles. The van der Waals surface area contributed by atoms with Crippen LogP contribution in [0.15, 0.2) is 18.2 Å². The molecule has 1 aliphatic rings.